The summed E-state index contributed by atoms with van der Waals surface area (Å²) in [6, 6.07) is 0. The first-order valence-electron chi connectivity index (χ1n) is 7.43. The number of nitrogens with zero attached hydrogens (tertiary/aromatic N) is 2. The first kappa shape index (κ1) is 15.3. The number of hydrogen-bond donors (Lipinski definition) is 2. The van der Waals surface area contributed by atoms with Gasteiger partial charge in [0.1, 0.15) is 0 Å². The molecule has 1 saturated carbocycles. The highest BCUT2D eigenvalue weighted by molar-refractivity contribution is 5.31. The highest BCUT2D eigenvalue weighted by Gasteiger charge is 2.33. The van der Waals surface area contributed by atoms with Gasteiger partial charge in [-0.3, -0.25) is 0 Å². The van der Waals surface area contributed by atoms with Gasteiger partial charge < -0.3 is 15.2 Å². The molecule has 0 radical (unpaired) electrons. The van der Waals surface area contributed by atoms with Crippen LogP contribution in [-0.2, 0) is 13.6 Å². The molecule has 1 aromatic rings. The average molecular weight is 281 g/mol. The van der Waals surface area contributed by atoms with Crippen molar-refractivity contribution in [2.45, 2.75) is 51.6 Å². The molecule has 2 N–H and O–H groups in total. The molecule has 20 heavy (non-hydrogen) atoms. The highest BCUT2D eigenvalue weighted by atomic mass is 16.5. The lowest BCUT2D eigenvalue weighted by Crippen LogP contribution is -2.50. The molecule has 0 atom stereocenters. The summed E-state index contributed by atoms with van der Waals surface area (Å²) in [5.41, 5.74) is 1.93. The van der Waals surface area contributed by atoms with Gasteiger partial charge in [-0.15, -0.1) is 0 Å². The number of aryl methyl sites for hydroxylation is 2. The fourth-order valence-corrected chi connectivity index (χ4v) is 3.12. The van der Waals surface area contributed by atoms with E-state index < -0.39 is 0 Å². The molecule has 0 unspecified atom stereocenters. The lowest BCUT2D eigenvalue weighted by atomic mass is 9.77. The van der Waals surface area contributed by atoms with Gasteiger partial charge in [0.05, 0.1) is 25.0 Å². The summed E-state index contributed by atoms with van der Waals surface area (Å²) in [6.07, 6.45) is 4.42. The minimum absolute atomic E-state index is 0.139. The quantitative estimate of drug-likeness (QED) is 0.863. The molecule has 1 aliphatic carbocycles. The smallest absolute Gasteiger partial charge is 0.216 e. The third-order valence-corrected chi connectivity index (χ3v) is 4.66. The first-order chi connectivity index (χ1) is 9.51. The van der Waals surface area contributed by atoms with Gasteiger partial charge in [-0.1, -0.05) is 6.92 Å². The number of rotatable bonds is 5. The van der Waals surface area contributed by atoms with E-state index in [1.54, 1.807) is 11.8 Å². The van der Waals surface area contributed by atoms with E-state index in [2.05, 4.69) is 17.3 Å². The Labute approximate surface area is 121 Å². The Morgan fingerprint density at radius 3 is 2.65 bits per heavy atom. The van der Waals surface area contributed by atoms with Gasteiger partial charge in [-0.2, -0.15) is 5.10 Å². The fourth-order valence-electron chi connectivity index (χ4n) is 3.12. The monoisotopic (exact) mass is 281 g/mol. The zero-order chi connectivity index (χ0) is 14.8. The van der Waals surface area contributed by atoms with Crippen molar-refractivity contribution in [3.63, 3.8) is 0 Å². The summed E-state index contributed by atoms with van der Waals surface area (Å²) in [6.45, 7) is 5.17. The van der Waals surface area contributed by atoms with Gasteiger partial charge in [-0.05, 0) is 38.5 Å². The molecule has 1 fully saturated rings. The molecule has 0 saturated heterocycles. The predicted molar refractivity (Wildman–Crippen MR) is 78.8 cm³/mol. The Balaban J connectivity index is 2.07. The van der Waals surface area contributed by atoms with Crippen LogP contribution >= 0.6 is 0 Å². The minimum Gasteiger partial charge on any atom is -0.481 e. The molecule has 0 aliphatic heterocycles. The van der Waals surface area contributed by atoms with Gasteiger partial charge in [0.25, 0.3) is 0 Å². The summed E-state index contributed by atoms with van der Waals surface area (Å²) in [5.74, 6) is 1.57. The van der Waals surface area contributed by atoms with Crippen molar-refractivity contribution in [2.75, 3.05) is 13.7 Å². The lowest BCUT2D eigenvalue weighted by Gasteiger charge is -2.39. The molecule has 1 aliphatic rings. The second kappa shape index (κ2) is 6.14. The van der Waals surface area contributed by atoms with Crippen molar-refractivity contribution in [1.82, 2.24) is 15.1 Å². The van der Waals surface area contributed by atoms with Crippen molar-refractivity contribution in [3.05, 3.63) is 11.3 Å². The minimum atomic E-state index is -0.139. The Morgan fingerprint density at radius 1 is 1.45 bits per heavy atom. The molecule has 0 aromatic carbocycles. The van der Waals surface area contributed by atoms with Crippen LogP contribution in [0.4, 0.5) is 0 Å². The molecule has 1 heterocycles. The normalized spacial score (nSPS) is 26.8. The van der Waals surface area contributed by atoms with Crippen LogP contribution in [0.2, 0.25) is 0 Å². The Kier molecular flexibility index (Phi) is 4.70. The Hall–Kier alpha value is -1.07. The van der Waals surface area contributed by atoms with Crippen molar-refractivity contribution in [3.8, 4) is 5.88 Å². The predicted octanol–water partition coefficient (Wildman–Crippen LogP) is 1.77. The van der Waals surface area contributed by atoms with E-state index in [1.807, 2.05) is 14.0 Å². The number of aromatic nitrogens is 2. The van der Waals surface area contributed by atoms with Crippen LogP contribution in [-0.4, -0.2) is 34.1 Å². The lowest BCUT2D eigenvalue weighted by molar-refractivity contribution is 0.104. The zero-order valence-corrected chi connectivity index (χ0v) is 13.1. The van der Waals surface area contributed by atoms with E-state index in [9.17, 15) is 5.11 Å². The van der Waals surface area contributed by atoms with E-state index in [1.165, 1.54) is 12.8 Å². The van der Waals surface area contributed by atoms with E-state index >= 15 is 0 Å². The van der Waals surface area contributed by atoms with Gasteiger partial charge in [0.2, 0.25) is 5.88 Å². The topological polar surface area (TPSA) is 59.3 Å². The zero-order valence-electron chi connectivity index (χ0n) is 13.1. The number of nitrogens with one attached hydrogen (secondary N) is 1. The second-order valence-electron chi connectivity index (χ2n) is 6.17. The van der Waals surface area contributed by atoms with Crippen LogP contribution in [0.1, 0.15) is 43.9 Å². The third kappa shape index (κ3) is 2.99. The number of aliphatic hydroxyl groups excluding tert-OH is 1. The standard InChI is InChI=1S/C15H27N3O2/c1-11-5-7-15(10-19,8-6-11)16-9-13-12(2)17-18(3)14(13)20-4/h11,16,19H,5-10H2,1-4H3. The molecule has 1 aromatic heterocycles. The number of ether oxygens (including phenoxy) is 1. The van der Waals surface area contributed by atoms with Crippen LogP contribution in [0.5, 0.6) is 5.88 Å². The molecule has 5 heteroatoms. The maximum absolute atomic E-state index is 9.79. The SMILES string of the molecule is COc1c(CNC2(CO)CCC(C)CC2)c(C)nn1C. The van der Waals surface area contributed by atoms with Gasteiger partial charge in [0.15, 0.2) is 0 Å². The fraction of sp³-hybridized carbons (Fsp3) is 0.800. The number of methoxy groups -OCH3 is 1. The van der Waals surface area contributed by atoms with E-state index in [0.29, 0.717) is 6.54 Å². The average Bonchev–Trinajstić information content (AvgIpc) is 2.72. The molecule has 114 valence electrons. The maximum Gasteiger partial charge on any atom is 0.216 e. The van der Waals surface area contributed by atoms with E-state index in [-0.39, 0.29) is 12.1 Å². The van der Waals surface area contributed by atoms with Crippen LogP contribution in [0.25, 0.3) is 0 Å². The van der Waals surface area contributed by atoms with Gasteiger partial charge >= 0.3 is 0 Å². The molecule has 0 bridgehead atoms. The summed E-state index contributed by atoms with van der Waals surface area (Å²) in [7, 11) is 3.56. The van der Waals surface area contributed by atoms with Crippen LogP contribution < -0.4 is 10.1 Å². The molecule has 0 amide bonds. The van der Waals surface area contributed by atoms with Crippen LogP contribution in [0, 0.1) is 12.8 Å². The molecule has 5 nitrogen and oxygen atoms in total. The Morgan fingerprint density at radius 2 is 2.10 bits per heavy atom. The van der Waals surface area contributed by atoms with E-state index in [4.69, 9.17) is 4.74 Å². The maximum atomic E-state index is 9.79. The van der Waals surface area contributed by atoms with Gasteiger partial charge in [0, 0.05) is 19.1 Å². The van der Waals surface area contributed by atoms with Crippen LogP contribution in [0.3, 0.4) is 0 Å². The van der Waals surface area contributed by atoms with E-state index in [0.717, 1.165) is 35.9 Å². The summed E-state index contributed by atoms with van der Waals surface area (Å²) < 4.78 is 7.18. The summed E-state index contributed by atoms with van der Waals surface area (Å²) >= 11 is 0. The summed E-state index contributed by atoms with van der Waals surface area (Å²) in [5, 5.41) is 17.8. The van der Waals surface area contributed by atoms with Crippen molar-refractivity contribution >= 4 is 0 Å². The molecular formula is C15H27N3O2. The van der Waals surface area contributed by atoms with Crippen molar-refractivity contribution in [2.24, 2.45) is 13.0 Å². The molecule has 2 rings (SSSR count). The number of hydrogen-bond acceptors (Lipinski definition) is 4. The molecular weight excluding hydrogens is 254 g/mol. The van der Waals surface area contributed by atoms with Crippen molar-refractivity contribution < 1.29 is 9.84 Å². The highest BCUT2D eigenvalue weighted by Crippen LogP contribution is 2.32. The summed E-state index contributed by atoms with van der Waals surface area (Å²) in [4.78, 5) is 0. The van der Waals surface area contributed by atoms with Crippen LogP contribution in [0.15, 0.2) is 0 Å². The second-order valence-corrected chi connectivity index (χ2v) is 6.17. The van der Waals surface area contributed by atoms with Gasteiger partial charge in [-0.25, -0.2) is 4.68 Å². The largest absolute Gasteiger partial charge is 0.481 e. The van der Waals surface area contributed by atoms with Crippen molar-refractivity contribution in [1.29, 1.82) is 0 Å². The third-order valence-electron chi connectivity index (χ3n) is 4.66. The number of aliphatic hydroxyl groups is 1. The molecule has 0 spiro atoms. The first-order valence-corrected chi connectivity index (χ1v) is 7.43. The Bertz CT molecular complexity index is 448.